The third-order valence-corrected chi connectivity index (χ3v) is 2.20. The first kappa shape index (κ1) is 16.5. The molecule has 5 nitrogen and oxygen atoms in total. The van der Waals surface area contributed by atoms with Gasteiger partial charge < -0.3 is 14.9 Å². The van der Waals surface area contributed by atoms with Crippen molar-refractivity contribution in [1.82, 2.24) is 9.80 Å². The standard InChI is InChI=1S/C10H17F3N2O3/c1-4-14(6-10(11,12)13)9(18)15(7(2)3)5-8(16)17/h7H,4-6H2,1-3H3,(H,16,17). The van der Waals surface area contributed by atoms with Gasteiger partial charge in [0.05, 0.1) is 0 Å². The van der Waals surface area contributed by atoms with Crippen molar-refractivity contribution in [2.24, 2.45) is 0 Å². The minimum atomic E-state index is -4.50. The zero-order valence-corrected chi connectivity index (χ0v) is 10.5. The molecule has 0 aliphatic rings. The number of rotatable bonds is 5. The van der Waals surface area contributed by atoms with Crippen molar-refractivity contribution >= 4 is 12.0 Å². The van der Waals surface area contributed by atoms with Crippen LogP contribution in [0.5, 0.6) is 0 Å². The lowest BCUT2D eigenvalue weighted by Crippen LogP contribution is -2.50. The van der Waals surface area contributed by atoms with Crippen molar-refractivity contribution in [3.63, 3.8) is 0 Å². The summed E-state index contributed by atoms with van der Waals surface area (Å²) in [4.78, 5) is 23.9. The Morgan fingerprint density at radius 3 is 2.06 bits per heavy atom. The number of nitrogens with zero attached hydrogens (tertiary/aromatic N) is 2. The third kappa shape index (κ3) is 5.74. The number of halogens is 3. The van der Waals surface area contributed by atoms with Gasteiger partial charge in [0.2, 0.25) is 0 Å². The molecule has 18 heavy (non-hydrogen) atoms. The van der Waals surface area contributed by atoms with Crippen LogP contribution in [0.25, 0.3) is 0 Å². The van der Waals surface area contributed by atoms with Crippen LogP contribution in [0.1, 0.15) is 20.8 Å². The maximum absolute atomic E-state index is 12.3. The van der Waals surface area contributed by atoms with E-state index in [-0.39, 0.29) is 6.54 Å². The second-order valence-corrected chi connectivity index (χ2v) is 4.03. The molecule has 8 heteroatoms. The van der Waals surface area contributed by atoms with E-state index in [1.54, 1.807) is 13.8 Å². The molecule has 0 unspecified atom stereocenters. The molecule has 0 heterocycles. The fourth-order valence-electron chi connectivity index (χ4n) is 1.33. The van der Waals surface area contributed by atoms with Gasteiger partial charge in [0.1, 0.15) is 13.1 Å². The van der Waals surface area contributed by atoms with E-state index in [1.807, 2.05) is 0 Å². The van der Waals surface area contributed by atoms with Crippen LogP contribution in [-0.2, 0) is 4.79 Å². The highest BCUT2D eigenvalue weighted by atomic mass is 19.4. The zero-order valence-electron chi connectivity index (χ0n) is 10.5. The van der Waals surface area contributed by atoms with E-state index in [0.717, 1.165) is 4.90 Å². The Morgan fingerprint density at radius 2 is 1.78 bits per heavy atom. The largest absolute Gasteiger partial charge is 0.480 e. The molecule has 0 bridgehead atoms. The first-order chi connectivity index (χ1) is 8.08. The van der Waals surface area contributed by atoms with Gasteiger partial charge in [0.15, 0.2) is 0 Å². The van der Waals surface area contributed by atoms with Gasteiger partial charge in [-0.25, -0.2) is 4.79 Å². The lowest BCUT2D eigenvalue weighted by Gasteiger charge is -2.32. The molecule has 0 spiro atoms. The molecule has 1 N–H and O–H groups in total. The Kier molecular flexibility index (Phi) is 5.93. The number of urea groups is 1. The highest BCUT2D eigenvalue weighted by Gasteiger charge is 2.34. The molecule has 0 radical (unpaired) electrons. The summed E-state index contributed by atoms with van der Waals surface area (Å²) in [5, 5.41) is 8.63. The van der Waals surface area contributed by atoms with Crippen LogP contribution in [-0.4, -0.2) is 58.8 Å². The number of carbonyl (C=O) groups is 2. The molecule has 0 aromatic heterocycles. The maximum atomic E-state index is 12.3. The topological polar surface area (TPSA) is 60.9 Å². The number of aliphatic carboxylic acids is 1. The Morgan fingerprint density at radius 1 is 1.28 bits per heavy atom. The molecule has 0 fully saturated rings. The molecule has 0 saturated heterocycles. The van der Waals surface area contributed by atoms with Gasteiger partial charge in [-0.1, -0.05) is 0 Å². The molecule has 0 saturated carbocycles. The monoisotopic (exact) mass is 270 g/mol. The minimum Gasteiger partial charge on any atom is -0.480 e. The summed E-state index contributed by atoms with van der Waals surface area (Å²) in [5.74, 6) is -1.26. The van der Waals surface area contributed by atoms with E-state index in [0.29, 0.717) is 4.90 Å². The van der Waals surface area contributed by atoms with Gasteiger partial charge >= 0.3 is 18.2 Å². The van der Waals surface area contributed by atoms with Crippen molar-refractivity contribution in [1.29, 1.82) is 0 Å². The van der Waals surface area contributed by atoms with Crippen molar-refractivity contribution in [2.75, 3.05) is 19.6 Å². The third-order valence-electron chi connectivity index (χ3n) is 2.20. The van der Waals surface area contributed by atoms with Gasteiger partial charge in [-0.3, -0.25) is 4.79 Å². The fourth-order valence-corrected chi connectivity index (χ4v) is 1.33. The van der Waals surface area contributed by atoms with E-state index in [1.165, 1.54) is 6.92 Å². The molecule has 0 aliphatic heterocycles. The van der Waals surface area contributed by atoms with Crippen molar-refractivity contribution in [3.8, 4) is 0 Å². The summed E-state index contributed by atoms with van der Waals surface area (Å²) in [6, 6.07) is -1.41. The fraction of sp³-hybridized carbons (Fsp3) is 0.800. The van der Waals surface area contributed by atoms with Crippen LogP contribution >= 0.6 is 0 Å². The number of hydrogen-bond acceptors (Lipinski definition) is 2. The van der Waals surface area contributed by atoms with Gasteiger partial charge in [0, 0.05) is 12.6 Å². The van der Waals surface area contributed by atoms with E-state index in [4.69, 9.17) is 5.11 Å². The second-order valence-electron chi connectivity index (χ2n) is 4.03. The van der Waals surface area contributed by atoms with E-state index in [2.05, 4.69) is 0 Å². The van der Waals surface area contributed by atoms with Crippen LogP contribution in [0.2, 0.25) is 0 Å². The molecule has 0 aromatic rings. The quantitative estimate of drug-likeness (QED) is 0.828. The van der Waals surface area contributed by atoms with E-state index in [9.17, 15) is 22.8 Å². The van der Waals surface area contributed by atoms with Crippen LogP contribution in [0, 0.1) is 0 Å². The minimum absolute atomic E-state index is 0.138. The first-order valence-corrected chi connectivity index (χ1v) is 5.42. The number of carboxylic acids is 1. The Labute approximate surface area is 103 Å². The Balaban J connectivity index is 4.86. The van der Waals surface area contributed by atoms with Crippen LogP contribution in [0.3, 0.4) is 0 Å². The molecule has 0 rings (SSSR count). The van der Waals surface area contributed by atoms with Crippen molar-refractivity contribution < 1.29 is 27.9 Å². The number of carbonyl (C=O) groups excluding carboxylic acids is 1. The average Bonchev–Trinajstić information content (AvgIpc) is 2.19. The van der Waals surface area contributed by atoms with Crippen LogP contribution in [0.4, 0.5) is 18.0 Å². The molecular formula is C10H17F3N2O3. The highest BCUT2D eigenvalue weighted by molar-refractivity contribution is 5.80. The molecule has 2 amide bonds. The Bertz CT molecular complexity index is 305. The summed E-state index contributed by atoms with van der Waals surface area (Å²) >= 11 is 0. The summed E-state index contributed by atoms with van der Waals surface area (Å²) in [7, 11) is 0. The maximum Gasteiger partial charge on any atom is 0.406 e. The van der Waals surface area contributed by atoms with Gasteiger partial charge in [-0.15, -0.1) is 0 Å². The number of amides is 2. The second kappa shape index (κ2) is 6.46. The molecule has 106 valence electrons. The van der Waals surface area contributed by atoms with Crippen LogP contribution in [0.15, 0.2) is 0 Å². The number of alkyl halides is 3. The van der Waals surface area contributed by atoms with Crippen molar-refractivity contribution in [3.05, 3.63) is 0 Å². The average molecular weight is 270 g/mol. The predicted molar refractivity (Wildman–Crippen MR) is 58.2 cm³/mol. The van der Waals surface area contributed by atoms with Gasteiger partial charge in [0.25, 0.3) is 0 Å². The van der Waals surface area contributed by atoms with Gasteiger partial charge in [-0.05, 0) is 20.8 Å². The smallest absolute Gasteiger partial charge is 0.406 e. The summed E-state index contributed by atoms with van der Waals surface area (Å²) in [6.45, 7) is 2.35. The summed E-state index contributed by atoms with van der Waals surface area (Å²) < 4.78 is 36.8. The number of hydrogen-bond donors (Lipinski definition) is 1. The lowest BCUT2D eigenvalue weighted by molar-refractivity contribution is -0.142. The van der Waals surface area contributed by atoms with Crippen LogP contribution < -0.4 is 0 Å². The molecule has 0 atom stereocenters. The van der Waals surface area contributed by atoms with Gasteiger partial charge in [-0.2, -0.15) is 13.2 Å². The predicted octanol–water partition coefficient (Wildman–Crippen LogP) is 1.79. The highest BCUT2D eigenvalue weighted by Crippen LogP contribution is 2.17. The first-order valence-electron chi connectivity index (χ1n) is 5.42. The van der Waals surface area contributed by atoms with E-state index >= 15 is 0 Å². The molecular weight excluding hydrogens is 253 g/mol. The zero-order chi connectivity index (χ0) is 14.5. The lowest BCUT2D eigenvalue weighted by atomic mass is 10.3. The molecule has 0 aliphatic carbocycles. The Hall–Kier alpha value is -1.47. The normalized spacial score (nSPS) is 11.5. The summed E-state index contributed by atoms with van der Waals surface area (Å²) in [6.07, 6.45) is -4.50. The number of carboxylic acid groups (broad SMARTS) is 1. The molecule has 0 aromatic carbocycles. The SMILES string of the molecule is CCN(CC(F)(F)F)C(=O)N(CC(=O)O)C(C)C. The van der Waals surface area contributed by atoms with E-state index < -0.39 is 37.3 Å². The van der Waals surface area contributed by atoms with Crippen molar-refractivity contribution in [2.45, 2.75) is 33.0 Å². The summed E-state index contributed by atoms with van der Waals surface area (Å²) in [5.41, 5.74) is 0.